The predicted octanol–water partition coefficient (Wildman–Crippen LogP) is 1.30. The van der Waals surface area contributed by atoms with Crippen molar-refractivity contribution in [1.29, 1.82) is 0 Å². The summed E-state index contributed by atoms with van der Waals surface area (Å²) in [5.41, 5.74) is 0. The van der Waals surface area contributed by atoms with Gasteiger partial charge in [-0.3, -0.25) is 0 Å². The Morgan fingerprint density at radius 2 is 2.28 bits per heavy atom. The average Bonchev–Trinajstić information content (AvgIpc) is 3.01. The Morgan fingerprint density at radius 3 is 2.89 bits per heavy atom. The first-order valence-electron chi connectivity index (χ1n) is 6.27. The molecule has 0 amide bonds. The van der Waals surface area contributed by atoms with Crippen molar-refractivity contribution in [3.63, 3.8) is 0 Å². The lowest BCUT2D eigenvalue weighted by Gasteiger charge is -2.26. The highest BCUT2D eigenvalue weighted by Gasteiger charge is 2.44. The van der Waals surface area contributed by atoms with Crippen LogP contribution in [0.3, 0.4) is 0 Å². The monoisotopic (exact) mass is 267 g/mol. The minimum atomic E-state index is -3.35. The van der Waals surface area contributed by atoms with Crippen LogP contribution in [0.15, 0.2) is 23.2 Å². The Labute approximate surface area is 107 Å². The molecule has 2 atom stereocenters. The minimum Gasteiger partial charge on any atom is -0.373 e. The van der Waals surface area contributed by atoms with Crippen LogP contribution < -0.4 is 5.32 Å². The summed E-state index contributed by atoms with van der Waals surface area (Å²) in [5.74, 6) is 1.15. The van der Waals surface area contributed by atoms with Gasteiger partial charge in [0.05, 0.1) is 4.90 Å². The molecule has 2 fully saturated rings. The van der Waals surface area contributed by atoms with Gasteiger partial charge in [-0.2, -0.15) is 4.31 Å². The molecule has 1 saturated heterocycles. The molecule has 0 radical (unpaired) electrons. The Balaban J connectivity index is 1.94. The Kier molecular flexibility index (Phi) is 2.79. The van der Waals surface area contributed by atoms with E-state index in [0.717, 1.165) is 12.8 Å². The fourth-order valence-electron chi connectivity index (χ4n) is 3.02. The standard InChI is InChI=1S/C12H17N3O2S/c1-13-12-7-11(4-5-14-12)18(16,17)15-8-9-2-3-10(15)6-9/h4-5,7,9-10H,2-3,6,8H2,1H3,(H,13,14). The number of hydrogen-bond donors (Lipinski definition) is 1. The van der Waals surface area contributed by atoms with Gasteiger partial charge in [-0.1, -0.05) is 0 Å². The first-order valence-corrected chi connectivity index (χ1v) is 7.71. The molecule has 1 aliphatic carbocycles. The van der Waals surface area contributed by atoms with Crippen molar-refractivity contribution in [3.05, 3.63) is 18.3 Å². The summed E-state index contributed by atoms with van der Waals surface area (Å²) in [6, 6.07) is 3.38. The van der Waals surface area contributed by atoms with Gasteiger partial charge in [0, 0.05) is 31.9 Å². The third kappa shape index (κ3) is 1.80. The van der Waals surface area contributed by atoms with Crippen LogP contribution in [0.1, 0.15) is 19.3 Å². The lowest BCUT2D eigenvalue weighted by Crippen LogP contribution is -2.37. The molecule has 1 aromatic rings. The number of nitrogens with one attached hydrogen (secondary N) is 1. The lowest BCUT2D eigenvalue weighted by atomic mass is 10.1. The Bertz CT molecular complexity index is 558. The molecule has 1 N–H and O–H groups in total. The molecular weight excluding hydrogens is 250 g/mol. The Morgan fingerprint density at radius 1 is 1.44 bits per heavy atom. The van der Waals surface area contributed by atoms with E-state index in [1.54, 1.807) is 23.5 Å². The minimum absolute atomic E-state index is 0.214. The van der Waals surface area contributed by atoms with Crippen molar-refractivity contribution in [2.75, 3.05) is 18.9 Å². The van der Waals surface area contributed by atoms with E-state index in [1.807, 2.05) is 0 Å². The zero-order valence-corrected chi connectivity index (χ0v) is 11.2. The second-order valence-corrected chi connectivity index (χ2v) is 6.92. The average molecular weight is 267 g/mol. The highest BCUT2D eigenvalue weighted by atomic mass is 32.2. The highest BCUT2D eigenvalue weighted by molar-refractivity contribution is 7.89. The summed E-state index contributed by atoms with van der Waals surface area (Å²) in [4.78, 5) is 4.39. The number of piperidine rings is 1. The number of anilines is 1. The predicted molar refractivity (Wildman–Crippen MR) is 68.8 cm³/mol. The molecule has 1 aliphatic heterocycles. The van der Waals surface area contributed by atoms with Crippen LogP contribution >= 0.6 is 0 Å². The van der Waals surface area contributed by atoms with Gasteiger partial charge in [0.1, 0.15) is 5.82 Å². The van der Waals surface area contributed by atoms with E-state index in [2.05, 4.69) is 10.3 Å². The molecule has 98 valence electrons. The van der Waals surface area contributed by atoms with Crippen LogP contribution in [-0.4, -0.2) is 37.3 Å². The molecule has 2 heterocycles. The van der Waals surface area contributed by atoms with Gasteiger partial charge < -0.3 is 5.32 Å². The maximum absolute atomic E-state index is 12.6. The van der Waals surface area contributed by atoms with Crippen LogP contribution in [0.2, 0.25) is 0 Å². The van der Waals surface area contributed by atoms with Crippen LogP contribution in [0.4, 0.5) is 5.82 Å². The number of sulfonamides is 1. The molecule has 2 unspecified atom stereocenters. The number of hydrogen-bond acceptors (Lipinski definition) is 4. The summed E-state index contributed by atoms with van der Waals surface area (Å²) >= 11 is 0. The first kappa shape index (κ1) is 11.9. The van der Waals surface area contributed by atoms with Crippen LogP contribution in [-0.2, 0) is 10.0 Å². The quantitative estimate of drug-likeness (QED) is 0.896. The van der Waals surface area contributed by atoms with E-state index >= 15 is 0 Å². The molecule has 1 aromatic heterocycles. The zero-order valence-electron chi connectivity index (χ0n) is 10.3. The van der Waals surface area contributed by atoms with Crippen LogP contribution in [0.5, 0.6) is 0 Å². The summed E-state index contributed by atoms with van der Waals surface area (Å²) in [6.45, 7) is 0.685. The summed E-state index contributed by atoms with van der Waals surface area (Å²) in [7, 11) is -1.62. The smallest absolute Gasteiger partial charge is 0.243 e. The second kappa shape index (κ2) is 4.20. The van der Waals surface area contributed by atoms with Gasteiger partial charge in [0.15, 0.2) is 0 Å². The third-order valence-electron chi connectivity index (χ3n) is 3.95. The van der Waals surface area contributed by atoms with Crippen molar-refractivity contribution < 1.29 is 8.42 Å². The fraction of sp³-hybridized carbons (Fsp3) is 0.583. The summed E-state index contributed by atoms with van der Waals surface area (Å²) in [5, 5.41) is 2.87. The molecule has 2 aliphatic rings. The van der Waals surface area contributed by atoms with E-state index in [0.29, 0.717) is 23.2 Å². The fourth-order valence-corrected chi connectivity index (χ4v) is 4.77. The van der Waals surface area contributed by atoms with E-state index in [1.165, 1.54) is 12.6 Å². The molecule has 0 aromatic carbocycles. The van der Waals surface area contributed by atoms with Crippen molar-refractivity contribution in [3.8, 4) is 0 Å². The van der Waals surface area contributed by atoms with Crippen molar-refractivity contribution in [2.24, 2.45) is 5.92 Å². The van der Waals surface area contributed by atoms with Gasteiger partial charge in [0.2, 0.25) is 10.0 Å². The van der Waals surface area contributed by atoms with Gasteiger partial charge in [-0.05, 0) is 31.2 Å². The van der Waals surface area contributed by atoms with Crippen molar-refractivity contribution in [1.82, 2.24) is 9.29 Å². The highest BCUT2D eigenvalue weighted by Crippen LogP contribution is 2.40. The van der Waals surface area contributed by atoms with Crippen molar-refractivity contribution >= 4 is 15.8 Å². The molecule has 18 heavy (non-hydrogen) atoms. The SMILES string of the molecule is CNc1cc(S(=O)(=O)N2CC3CCC2C3)ccn1. The lowest BCUT2D eigenvalue weighted by molar-refractivity contribution is 0.333. The number of rotatable bonds is 3. The number of nitrogens with zero attached hydrogens (tertiary/aromatic N) is 2. The maximum atomic E-state index is 12.6. The van der Waals surface area contributed by atoms with Crippen molar-refractivity contribution in [2.45, 2.75) is 30.2 Å². The second-order valence-electron chi connectivity index (χ2n) is 5.03. The maximum Gasteiger partial charge on any atom is 0.243 e. The van der Waals surface area contributed by atoms with Gasteiger partial charge in [0.25, 0.3) is 0 Å². The molecule has 5 nitrogen and oxygen atoms in total. The number of pyridine rings is 1. The molecule has 0 spiro atoms. The van der Waals surface area contributed by atoms with Gasteiger partial charge in [-0.25, -0.2) is 13.4 Å². The van der Waals surface area contributed by atoms with Crippen LogP contribution in [0.25, 0.3) is 0 Å². The molecular formula is C12H17N3O2S. The third-order valence-corrected chi connectivity index (χ3v) is 5.87. The summed E-state index contributed by atoms with van der Waals surface area (Å²) < 4.78 is 26.8. The van der Waals surface area contributed by atoms with E-state index in [4.69, 9.17) is 0 Å². The van der Waals surface area contributed by atoms with Gasteiger partial charge >= 0.3 is 0 Å². The molecule has 6 heteroatoms. The Hall–Kier alpha value is -1.14. The van der Waals surface area contributed by atoms with Gasteiger partial charge in [-0.15, -0.1) is 0 Å². The molecule has 3 rings (SSSR count). The zero-order chi connectivity index (χ0) is 12.8. The largest absolute Gasteiger partial charge is 0.373 e. The first-order chi connectivity index (χ1) is 8.61. The summed E-state index contributed by atoms with van der Waals surface area (Å²) in [6.07, 6.45) is 4.75. The molecule has 2 bridgehead atoms. The number of fused-ring (bicyclic) bond motifs is 2. The number of aromatic nitrogens is 1. The topological polar surface area (TPSA) is 62.3 Å². The molecule has 1 saturated carbocycles. The normalized spacial score (nSPS) is 27.6. The van der Waals surface area contributed by atoms with Crippen LogP contribution in [0, 0.1) is 5.92 Å². The van der Waals surface area contributed by atoms with E-state index in [9.17, 15) is 8.42 Å². The van der Waals surface area contributed by atoms with E-state index < -0.39 is 10.0 Å². The van der Waals surface area contributed by atoms with E-state index in [-0.39, 0.29) is 6.04 Å².